The van der Waals surface area contributed by atoms with E-state index < -0.39 is 32.5 Å². The van der Waals surface area contributed by atoms with E-state index in [1.165, 1.54) is 57.8 Å². The first-order chi connectivity index (χ1) is 29.6. The molecule has 0 fully saturated rings. The molecule has 0 spiro atoms. The maximum absolute atomic E-state index is 12.9. The van der Waals surface area contributed by atoms with Crippen LogP contribution in [0.5, 0.6) is 0 Å². The molecule has 0 aromatic heterocycles. The summed E-state index contributed by atoms with van der Waals surface area (Å²) in [7, 11) is 1.06. The van der Waals surface area contributed by atoms with Crippen molar-refractivity contribution in [2.75, 3.05) is 47.5 Å². The van der Waals surface area contributed by atoms with Crippen molar-refractivity contribution in [1.82, 2.24) is 0 Å². The minimum absolute atomic E-state index is 0.0535. The van der Waals surface area contributed by atoms with E-state index in [1.807, 2.05) is 21.1 Å². The smallest absolute Gasteiger partial charge is 0.306 e. The lowest BCUT2D eigenvalue weighted by atomic mass is 9.96. The van der Waals surface area contributed by atoms with E-state index in [2.05, 4.69) is 54.8 Å². The molecule has 4 aliphatic rings. The number of quaternary nitrogens is 1. The van der Waals surface area contributed by atoms with Gasteiger partial charge in [-0.1, -0.05) is 65.2 Å². The van der Waals surface area contributed by atoms with Crippen LogP contribution in [0, 0.1) is 0 Å². The molecule has 0 aromatic rings. The lowest BCUT2D eigenvalue weighted by molar-refractivity contribution is -0.870. The Labute approximate surface area is 371 Å². The topological polar surface area (TPSA) is 210 Å². The molecule has 0 aromatic carbocycles. The highest BCUT2D eigenvalue weighted by Crippen LogP contribution is 2.42. The van der Waals surface area contributed by atoms with Gasteiger partial charge in [0.25, 0.3) is 7.82 Å². The van der Waals surface area contributed by atoms with Gasteiger partial charge in [-0.15, -0.1) is 0 Å². The van der Waals surface area contributed by atoms with Gasteiger partial charge in [-0.25, -0.2) is 0 Å². The monoisotopic (exact) mass is 894 g/mol. The van der Waals surface area contributed by atoms with E-state index in [0.717, 1.165) is 96.3 Å². The van der Waals surface area contributed by atoms with E-state index in [-0.39, 0.29) is 48.7 Å². The van der Waals surface area contributed by atoms with Crippen molar-refractivity contribution in [2.45, 2.75) is 222 Å². The summed E-state index contributed by atoms with van der Waals surface area (Å²) >= 11 is 0. The van der Waals surface area contributed by atoms with Gasteiger partial charge >= 0.3 is 11.9 Å². The highest BCUT2D eigenvalue weighted by molar-refractivity contribution is 7.45. The Balaban J connectivity index is 1.07. The fraction of sp³-hybridized carbons (Fsp3) is 0.955. The van der Waals surface area contributed by atoms with Crippen molar-refractivity contribution >= 4 is 19.8 Å². The molecule has 0 bridgehead atoms. The zero-order valence-corrected chi connectivity index (χ0v) is 39.8. The summed E-state index contributed by atoms with van der Waals surface area (Å²) in [6, 6.07) is 0. The summed E-state index contributed by atoms with van der Waals surface area (Å²) in [6.07, 6.45) is 25.9. The predicted molar refractivity (Wildman–Crippen MR) is 234 cm³/mol. The molecule has 4 heterocycles. The van der Waals surface area contributed by atoms with Crippen molar-refractivity contribution in [1.29, 1.82) is 0 Å². The van der Waals surface area contributed by atoms with Crippen molar-refractivity contribution in [3.05, 3.63) is 0 Å². The van der Waals surface area contributed by atoms with Gasteiger partial charge in [0.15, 0.2) is 28.8 Å². The van der Waals surface area contributed by atoms with Crippen molar-refractivity contribution < 1.29 is 42.1 Å². The molecule has 0 aliphatic carbocycles. The minimum atomic E-state index is -4.69. The Morgan fingerprint density at radius 3 is 1.24 bits per heavy atom. The van der Waals surface area contributed by atoms with Crippen LogP contribution in [0.2, 0.25) is 0 Å². The molecular formula is C44H80N9O8P. The average molecular weight is 894 g/mol. The van der Waals surface area contributed by atoms with Crippen LogP contribution in [-0.2, 0) is 32.7 Å². The van der Waals surface area contributed by atoms with Crippen LogP contribution in [0.1, 0.15) is 194 Å². The SMILES string of the molecule is CCCCC1(CCCCCCCC2(CCCCC(=O)OCC(COP(=O)([O-])OCC[N+](C)(C)C)OC(=O)CCCCC3(CCCCCCCC4(CCCC)N=N4)N=N3)N=N2)N=N1. The fourth-order valence-corrected chi connectivity index (χ4v) is 8.54. The van der Waals surface area contributed by atoms with Gasteiger partial charge in [0.1, 0.15) is 19.8 Å². The van der Waals surface area contributed by atoms with Gasteiger partial charge in [0.05, 0.1) is 27.7 Å². The highest BCUT2D eigenvalue weighted by Gasteiger charge is 2.41. The Hall–Kier alpha value is -2.59. The molecule has 0 amide bonds. The highest BCUT2D eigenvalue weighted by atomic mass is 31.2. The molecular weight excluding hydrogens is 814 g/mol. The summed E-state index contributed by atoms with van der Waals surface area (Å²) in [5.41, 5.74) is -0.739. The number of esters is 2. The number of unbranched alkanes of at least 4 members (excludes halogenated alkanes) is 12. The summed E-state index contributed by atoms with van der Waals surface area (Å²) < 4.78 is 34.2. The molecule has 18 heteroatoms. The molecule has 0 N–H and O–H groups in total. The van der Waals surface area contributed by atoms with Crippen LogP contribution in [0.25, 0.3) is 0 Å². The average Bonchev–Trinajstić information content (AvgIpc) is 4.03. The second kappa shape index (κ2) is 25.8. The van der Waals surface area contributed by atoms with E-state index >= 15 is 0 Å². The Kier molecular flexibility index (Phi) is 21.6. The molecule has 2 atom stereocenters. The second-order valence-corrected chi connectivity index (χ2v) is 20.7. The third-order valence-corrected chi connectivity index (χ3v) is 13.2. The maximum atomic E-state index is 12.9. The molecule has 354 valence electrons. The Bertz CT molecular complexity index is 1510. The summed E-state index contributed by atoms with van der Waals surface area (Å²) in [6.45, 7) is 3.94. The number of likely N-dealkylation sites (N-methyl/N-ethyl adjacent to an activating group) is 1. The number of rotatable bonds is 42. The number of ether oxygens (including phenoxy) is 2. The molecule has 2 unspecified atom stereocenters. The van der Waals surface area contributed by atoms with Gasteiger partial charge in [-0.3, -0.25) is 14.2 Å². The number of phosphoric acid groups is 1. The number of carbonyl (C=O) groups is 2. The van der Waals surface area contributed by atoms with Crippen LogP contribution >= 0.6 is 7.82 Å². The van der Waals surface area contributed by atoms with Crippen LogP contribution < -0.4 is 4.89 Å². The fourth-order valence-electron chi connectivity index (χ4n) is 7.81. The Morgan fingerprint density at radius 1 is 0.516 bits per heavy atom. The Morgan fingerprint density at radius 2 is 0.871 bits per heavy atom. The molecule has 0 radical (unpaired) electrons. The third-order valence-electron chi connectivity index (χ3n) is 12.3. The number of nitrogens with zero attached hydrogens (tertiary/aromatic N) is 9. The standard InChI is InChI=1S/C44H80N9O8P/c1-6-8-26-41(45-46-41)28-18-12-10-14-20-30-43(49-50-43)32-22-16-24-39(54)58-36-38(37-60-62(56,57)59-35-34-53(3,4)5)61-40(55)25-17-23-33-44(51-52-44)31-21-15-11-13-19-29-42(47-48-42)27-9-7-2/h38H,6-37H2,1-5H3. The van der Waals surface area contributed by atoms with E-state index in [9.17, 15) is 19.0 Å². The van der Waals surface area contributed by atoms with Crippen molar-refractivity contribution in [3.8, 4) is 0 Å². The van der Waals surface area contributed by atoms with Crippen molar-refractivity contribution in [3.63, 3.8) is 0 Å². The predicted octanol–water partition coefficient (Wildman–Crippen LogP) is 11.3. The molecule has 4 rings (SSSR count). The number of hydrogen-bond acceptors (Lipinski definition) is 16. The first-order valence-corrected chi connectivity index (χ1v) is 25.6. The molecule has 17 nitrogen and oxygen atoms in total. The summed E-state index contributed by atoms with van der Waals surface area (Å²) in [4.78, 5) is 38.1. The first-order valence-electron chi connectivity index (χ1n) is 24.2. The normalized spacial score (nSPS) is 19.3. The number of hydrogen-bond donors (Lipinski definition) is 0. The zero-order chi connectivity index (χ0) is 44.8. The maximum Gasteiger partial charge on any atom is 0.306 e. The van der Waals surface area contributed by atoms with Crippen LogP contribution in [0.3, 0.4) is 0 Å². The number of phosphoric ester groups is 1. The van der Waals surface area contributed by atoms with Crippen LogP contribution in [-0.4, -0.2) is 92.7 Å². The van der Waals surface area contributed by atoms with E-state index in [4.69, 9.17) is 18.5 Å². The first kappa shape index (κ1) is 52.0. The summed E-state index contributed by atoms with van der Waals surface area (Å²) in [5, 5.41) is 34.6. The third kappa shape index (κ3) is 22.3. The minimum Gasteiger partial charge on any atom is -0.756 e. The lowest BCUT2D eigenvalue weighted by Crippen LogP contribution is -2.37. The van der Waals surface area contributed by atoms with E-state index in [1.54, 1.807) is 0 Å². The largest absolute Gasteiger partial charge is 0.756 e. The van der Waals surface area contributed by atoms with Gasteiger partial charge in [-0.05, 0) is 116 Å². The molecule has 4 aliphatic heterocycles. The zero-order valence-electron chi connectivity index (χ0n) is 38.9. The van der Waals surface area contributed by atoms with Crippen LogP contribution in [0.4, 0.5) is 0 Å². The summed E-state index contributed by atoms with van der Waals surface area (Å²) in [5.74, 6) is -0.979. The van der Waals surface area contributed by atoms with Gasteiger partial charge in [0, 0.05) is 12.8 Å². The lowest BCUT2D eigenvalue weighted by Gasteiger charge is -2.28. The van der Waals surface area contributed by atoms with Gasteiger partial charge in [-0.2, -0.15) is 40.9 Å². The van der Waals surface area contributed by atoms with Crippen molar-refractivity contribution in [2.24, 2.45) is 40.9 Å². The number of carbonyl (C=O) groups excluding carboxylic acids is 2. The quantitative estimate of drug-likeness (QED) is 0.0248. The van der Waals surface area contributed by atoms with Gasteiger partial charge < -0.3 is 27.9 Å². The molecule has 0 saturated heterocycles. The molecule has 62 heavy (non-hydrogen) atoms. The molecule has 0 saturated carbocycles. The second-order valence-electron chi connectivity index (χ2n) is 19.3. The van der Waals surface area contributed by atoms with Crippen LogP contribution in [0.15, 0.2) is 40.9 Å². The van der Waals surface area contributed by atoms with Gasteiger partial charge in [0.2, 0.25) is 0 Å². The van der Waals surface area contributed by atoms with E-state index in [0.29, 0.717) is 23.9 Å².